The van der Waals surface area contributed by atoms with Gasteiger partial charge >= 0.3 is 0 Å². The molecule has 0 spiro atoms. The van der Waals surface area contributed by atoms with Crippen molar-refractivity contribution in [3.63, 3.8) is 0 Å². The Hall–Kier alpha value is -0.910. The number of nitrogens with one attached hydrogen (secondary N) is 2. The molecule has 1 unspecified atom stereocenters. The number of benzene rings is 1. The summed E-state index contributed by atoms with van der Waals surface area (Å²) >= 11 is 3.37. The predicted molar refractivity (Wildman–Crippen MR) is 78.8 cm³/mol. The summed E-state index contributed by atoms with van der Waals surface area (Å²) in [5.41, 5.74) is 0.803. The summed E-state index contributed by atoms with van der Waals surface area (Å²) < 4.78 is 0.953. The van der Waals surface area contributed by atoms with Gasteiger partial charge in [0, 0.05) is 22.7 Å². The first-order chi connectivity index (χ1) is 8.49. The molecule has 0 bridgehead atoms. The zero-order valence-corrected chi connectivity index (χ0v) is 12.6. The summed E-state index contributed by atoms with van der Waals surface area (Å²) in [7, 11) is 4.04. The molecule has 0 saturated carbocycles. The van der Waals surface area contributed by atoms with Crippen molar-refractivity contribution >= 4 is 27.5 Å². The van der Waals surface area contributed by atoms with Gasteiger partial charge in [0.05, 0.1) is 6.54 Å². The molecule has 0 aliphatic carbocycles. The fourth-order valence-corrected chi connectivity index (χ4v) is 1.75. The molecule has 1 aromatic rings. The van der Waals surface area contributed by atoms with Crippen molar-refractivity contribution in [2.24, 2.45) is 0 Å². The van der Waals surface area contributed by atoms with Gasteiger partial charge in [-0.25, -0.2) is 0 Å². The van der Waals surface area contributed by atoms with Gasteiger partial charge in [-0.1, -0.05) is 22.0 Å². The monoisotopic (exact) mass is 313 g/mol. The van der Waals surface area contributed by atoms with Crippen molar-refractivity contribution in [2.75, 3.05) is 32.5 Å². The average molecular weight is 314 g/mol. The molecule has 0 aromatic heterocycles. The molecule has 100 valence electrons. The van der Waals surface area contributed by atoms with Crippen LogP contribution in [0.15, 0.2) is 28.7 Å². The highest BCUT2D eigenvalue weighted by Gasteiger charge is 2.06. The van der Waals surface area contributed by atoms with Crippen LogP contribution in [0.5, 0.6) is 0 Å². The van der Waals surface area contributed by atoms with Crippen LogP contribution < -0.4 is 10.6 Å². The van der Waals surface area contributed by atoms with E-state index in [4.69, 9.17) is 0 Å². The zero-order valence-electron chi connectivity index (χ0n) is 11.0. The van der Waals surface area contributed by atoms with Crippen LogP contribution >= 0.6 is 15.9 Å². The molecule has 0 fully saturated rings. The first-order valence-corrected chi connectivity index (χ1v) is 6.71. The number of nitrogens with zero attached hydrogens (tertiary/aromatic N) is 1. The van der Waals surface area contributed by atoms with Crippen molar-refractivity contribution in [3.05, 3.63) is 28.7 Å². The molecular formula is C13H20BrN3O. The van der Waals surface area contributed by atoms with Gasteiger partial charge in [0.2, 0.25) is 5.91 Å². The van der Waals surface area contributed by atoms with Crippen molar-refractivity contribution < 1.29 is 4.79 Å². The van der Waals surface area contributed by atoms with Gasteiger partial charge in [-0.05, 0) is 39.2 Å². The summed E-state index contributed by atoms with van der Waals surface area (Å²) in [6.07, 6.45) is 0. The minimum Gasteiger partial charge on any atom is -0.325 e. The van der Waals surface area contributed by atoms with E-state index in [9.17, 15) is 4.79 Å². The third-order valence-electron chi connectivity index (χ3n) is 2.72. The molecule has 0 aliphatic rings. The third-order valence-corrected chi connectivity index (χ3v) is 3.21. The van der Waals surface area contributed by atoms with Gasteiger partial charge in [-0.2, -0.15) is 0 Å². The van der Waals surface area contributed by atoms with E-state index in [1.807, 2.05) is 38.4 Å². The highest BCUT2D eigenvalue weighted by atomic mass is 79.9. The molecule has 1 amide bonds. The van der Waals surface area contributed by atoms with E-state index in [2.05, 4.69) is 38.4 Å². The molecule has 0 radical (unpaired) electrons. The molecule has 1 atom stereocenters. The van der Waals surface area contributed by atoms with Crippen LogP contribution in [-0.4, -0.2) is 44.0 Å². The van der Waals surface area contributed by atoms with E-state index in [0.717, 1.165) is 16.7 Å². The maximum atomic E-state index is 11.7. The zero-order chi connectivity index (χ0) is 13.5. The van der Waals surface area contributed by atoms with E-state index in [1.165, 1.54) is 0 Å². The summed E-state index contributed by atoms with van der Waals surface area (Å²) in [6, 6.07) is 7.96. The van der Waals surface area contributed by atoms with Crippen molar-refractivity contribution in [1.29, 1.82) is 0 Å². The van der Waals surface area contributed by atoms with Gasteiger partial charge < -0.3 is 15.5 Å². The van der Waals surface area contributed by atoms with Gasteiger partial charge in [-0.3, -0.25) is 4.79 Å². The van der Waals surface area contributed by atoms with Crippen molar-refractivity contribution in [2.45, 2.75) is 13.0 Å². The highest BCUT2D eigenvalue weighted by Crippen LogP contribution is 2.15. The van der Waals surface area contributed by atoms with Crippen LogP contribution in [0.2, 0.25) is 0 Å². The Bertz CT molecular complexity index is 396. The molecule has 18 heavy (non-hydrogen) atoms. The molecule has 2 N–H and O–H groups in total. The Kier molecular flexibility index (Phi) is 6.32. The van der Waals surface area contributed by atoms with E-state index in [-0.39, 0.29) is 5.91 Å². The first-order valence-electron chi connectivity index (χ1n) is 5.91. The normalized spacial score (nSPS) is 12.5. The quantitative estimate of drug-likeness (QED) is 0.843. The topological polar surface area (TPSA) is 44.4 Å². The Morgan fingerprint density at radius 2 is 2.17 bits per heavy atom. The van der Waals surface area contributed by atoms with Crippen LogP contribution in [-0.2, 0) is 4.79 Å². The molecular weight excluding hydrogens is 294 g/mol. The fraction of sp³-hybridized carbons (Fsp3) is 0.462. The molecule has 5 heteroatoms. The molecule has 0 heterocycles. The van der Waals surface area contributed by atoms with E-state index >= 15 is 0 Å². The van der Waals surface area contributed by atoms with Gasteiger partial charge in [-0.15, -0.1) is 0 Å². The number of carbonyl (C=O) groups excluding carboxylic acids is 1. The van der Waals surface area contributed by atoms with Gasteiger partial charge in [0.15, 0.2) is 0 Å². The first kappa shape index (κ1) is 15.1. The lowest BCUT2D eigenvalue weighted by molar-refractivity contribution is -0.115. The standard InChI is InChI=1S/C13H20BrN3O/c1-10(17(2)3)8-15-9-13(18)16-12-6-4-5-11(14)7-12/h4-7,10,15H,8-9H2,1-3H3,(H,16,18). The van der Waals surface area contributed by atoms with Crippen LogP contribution in [0.1, 0.15) is 6.92 Å². The number of halogens is 1. The van der Waals surface area contributed by atoms with Crippen LogP contribution in [0, 0.1) is 0 Å². The number of carbonyl (C=O) groups is 1. The van der Waals surface area contributed by atoms with Gasteiger partial charge in [0.25, 0.3) is 0 Å². The second-order valence-electron chi connectivity index (χ2n) is 4.50. The minimum atomic E-state index is -0.0287. The lowest BCUT2D eigenvalue weighted by Crippen LogP contribution is -2.38. The number of anilines is 1. The van der Waals surface area contributed by atoms with Crippen molar-refractivity contribution in [1.82, 2.24) is 10.2 Å². The van der Waals surface area contributed by atoms with E-state index in [0.29, 0.717) is 12.6 Å². The fourth-order valence-electron chi connectivity index (χ4n) is 1.35. The lowest BCUT2D eigenvalue weighted by Gasteiger charge is -2.19. The second kappa shape index (κ2) is 7.51. The predicted octanol–water partition coefficient (Wildman–Crippen LogP) is 1.93. The van der Waals surface area contributed by atoms with E-state index in [1.54, 1.807) is 0 Å². The summed E-state index contributed by atoms with van der Waals surface area (Å²) in [6.45, 7) is 3.23. The second-order valence-corrected chi connectivity index (χ2v) is 5.42. The van der Waals surface area contributed by atoms with Crippen molar-refractivity contribution in [3.8, 4) is 0 Å². The maximum absolute atomic E-state index is 11.7. The highest BCUT2D eigenvalue weighted by molar-refractivity contribution is 9.10. The Morgan fingerprint density at radius 3 is 2.78 bits per heavy atom. The SMILES string of the molecule is CC(CNCC(=O)Nc1cccc(Br)c1)N(C)C. The van der Waals surface area contributed by atoms with E-state index < -0.39 is 0 Å². The van der Waals surface area contributed by atoms with Crippen LogP contribution in [0.25, 0.3) is 0 Å². The Labute approximate surface area is 117 Å². The largest absolute Gasteiger partial charge is 0.325 e. The average Bonchev–Trinajstić information content (AvgIpc) is 2.28. The Morgan fingerprint density at radius 1 is 1.44 bits per heavy atom. The molecule has 0 aliphatic heterocycles. The number of amides is 1. The van der Waals surface area contributed by atoms with Crippen LogP contribution in [0.3, 0.4) is 0 Å². The smallest absolute Gasteiger partial charge is 0.238 e. The summed E-state index contributed by atoms with van der Waals surface area (Å²) in [4.78, 5) is 13.8. The number of hydrogen-bond donors (Lipinski definition) is 2. The Balaban J connectivity index is 2.30. The summed E-state index contributed by atoms with van der Waals surface area (Å²) in [5, 5.41) is 5.98. The summed E-state index contributed by atoms with van der Waals surface area (Å²) in [5.74, 6) is -0.0287. The molecule has 4 nitrogen and oxygen atoms in total. The molecule has 1 aromatic carbocycles. The molecule has 0 saturated heterocycles. The minimum absolute atomic E-state index is 0.0287. The lowest BCUT2D eigenvalue weighted by atomic mass is 10.3. The van der Waals surface area contributed by atoms with Crippen LogP contribution in [0.4, 0.5) is 5.69 Å². The number of likely N-dealkylation sites (N-methyl/N-ethyl adjacent to an activating group) is 1. The molecule has 1 rings (SSSR count). The maximum Gasteiger partial charge on any atom is 0.238 e. The number of rotatable bonds is 6. The number of hydrogen-bond acceptors (Lipinski definition) is 3. The third kappa shape index (κ3) is 5.62. The van der Waals surface area contributed by atoms with Gasteiger partial charge in [0.1, 0.15) is 0 Å².